The normalized spacial score (nSPS) is 15.3. The number of nitrogens with one attached hydrogen (secondary N) is 1. The first-order valence-electron chi connectivity index (χ1n) is 8.18. The maximum absolute atomic E-state index is 4.55. The van der Waals surface area contributed by atoms with Gasteiger partial charge in [-0.1, -0.05) is 48.4 Å². The van der Waals surface area contributed by atoms with Crippen LogP contribution in [0, 0.1) is 6.92 Å². The highest BCUT2D eigenvalue weighted by Crippen LogP contribution is 2.25. The van der Waals surface area contributed by atoms with Crippen molar-refractivity contribution in [1.29, 1.82) is 0 Å². The fourth-order valence-corrected chi connectivity index (χ4v) is 3.19. The minimum Gasteiger partial charge on any atom is -0.365 e. The van der Waals surface area contributed by atoms with Gasteiger partial charge in [0, 0.05) is 6.04 Å². The Morgan fingerprint density at radius 2 is 1.91 bits per heavy atom. The van der Waals surface area contributed by atoms with Crippen LogP contribution in [0.4, 0.5) is 5.82 Å². The van der Waals surface area contributed by atoms with Crippen molar-refractivity contribution in [2.45, 2.75) is 45.2 Å². The molecule has 0 amide bonds. The molecule has 0 spiro atoms. The van der Waals surface area contributed by atoms with Crippen molar-refractivity contribution < 1.29 is 0 Å². The van der Waals surface area contributed by atoms with Crippen LogP contribution in [0.1, 0.15) is 37.1 Å². The minimum absolute atomic E-state index is 0.492. The first-order chi connectivity index (χ1) is 11.3. The smallest absolute Gasteiger partial charge is 0.184 e. The largest absolute Gasteiger partial charge is 0.365 e. The number of hydrogen-bond acceptors (Lipinski definition) is 5. The van der Waals surface area contributed by atoms with Crippen LogP contribution in [0.5, 0.6) is 0 Å². The number of fused-ring (bicyclic) bond motifs is 1. The predicted molar refractivity (Wildman–Crippen MR) is 89.3 cm³/mol. The highest BCUT2D eigenvalue weighted by atomic mass is 15.4. The lowest BCUT2D eigenvalue weighted by atomic mass is 10.2. The Hall–Kier alpha value is -2.50. The standard InChI is InChI=1S/C17H20N6/c1-12-18-16(20-14-9-5-6-10-14)15-17(19-12)23(22-21-15)11-13-7-3-2-4-8-13/h2-4,7-8,14H,5-6,9-11H2,1H3,(H,18,19,20). The lowest BCUT2D eigenvalue weighted by Crippen LogP contribution is -2.16. The van der Waals surface area contributed by atoms with Gasteiger partial charge in [-0.05, 0) is 25.3 Å². The number of aromatic nitrogens is 5. The Morgan fingerprint density at radius 1 is 1.13 bits per heavy atom. The third-order valence-electron chi connectivity index (χ3n) is 4.35. The maximum atomic E-state index is 4.55. The van der Waals surface area contributed by atoms with Crippen molar-refractivity contribution in [2.75, 3.05) is 5.32 Å². The molecule has 1 aliphatic carbocycles. The fraction of sp³-hybridized carbons (Fsp3) is 0.412. The van der Waals surface area contributed by atoms with E-state index in [1.165, 1.54) is 31.2 Å². The summed E-state index contributed by atoms with van der Waals surface area (Å²) >= 11 is 0. The van der Waals surface area contributed by atoms with Gasteiger partial charge in [0.05, 0.1) is 6.54 Å². The van der Waals surface area contributed by atoms with Gasteiger partial charge in [-0.2, -0.15) is 0 Å². The van der Waals surface area contributed by atoms with Crippen molar-refractivity contribution in [3.05, 3.63) is 41.7 Å². The average molecular weight is 308 g/mol. The van der Waals surface area contributed by atoms with Crippen molar-refractivity contribution in [3.63, 3.8) is 0 Å². The van der Waals surface area contributed by atoms with Gasteiger partial charge in [-0.15, -0.1) is 5.10 Å². The molecular weight excluding hydrogens is 288 g/mol. The molecule has 2 aromatic heterocycles. The number of benzene rings is 1. The molecule has 3 aromatic rings. The Morgan fingerprint density at radius 3 is 2.70 bits per heavy atom. The molecule has 1 aromatic carbocycles. The zero-order valence-electron chi connectivity index (χ0n) is 13.2. The highest BCUT2D eigenvalue weighted by Gasteiger charge is 2.19. The zero-order chi connectivity index (χ0) is 15.6. The second-order valence-corrected chi connectivity index (χ2v) is 6.15. The summed E-state index contributed by atoms with van der Waals surface area (Å²) in [4.78, 5) is 9.10. The van der Waals surface area contributed by atoms with Crippen LogP contribution in [0.2, 0.25) is 0 Å². The lowest BCUT2D eigenvalue weighted by molar-refractivity contribution is 0.663. The number of nitrogens with zero attached hydrogens (tertiary/aromatic N) is 5. The van der Waals surface area contributed by atoms with Gasteiger partial charge in [0.25, 0.3) is 0 Å². The van der Waals surface area contributed by atoms with E-state index >= 15 is 0 Å². The van der Waals surface area contributed by atoms with Gasteiger partial charge in [0.1, 0.15) is 5.82 Å². The second-order valence-electron chi connectivity index (χ2n) is 6.15. The summed E-state index contributed by atoms with van der Waals surface area (Å²) in [6, 6.07) is 10.7. The van der Waals surface area contributed by atoms with Crippen LogP contribution in [0.15, 0.2) is 30.3 Å². The Kier molecular flexibility index (Phi) is 3.65. The van der Waals surface area contributed by atoms with Gasteiger partial charge >= 0.3 is 0 Å². The van der Waals surface area contributed by atoms with E-state index in [1.54, 1.807) is 0 Å². The van der Waals surface area contributed by atoms with Crippen molar-refractivity contribution >= 4 is 17.0 Å². The molecular formula is C17H20N6. The molecule has 1 N–H and O–H groups in total. The molecule has 2 heterocycles. The van der Waals surface area contributed by atoms with E-state index in [0.29, 0.717) is 12.6 Å². The molecule has 0 atom stereocenters. The van der Waals surface area contributed by atoms with Crippen molar-refractivity contribution in [1.82, 2.24) is 25.0 Å². The van der Waals surface area contributed by atoms with E-state index < -0.39 is 0 Å². The van der Waals surface area contributed by atoms with E-state index in [9.17, 15) is 0 Å². The van der Waals surface area contributed by atoms with E-state index in [2.05, 4.69) is 37.7 Å². The zero-order valence-corrected chi connectivity index (χ0v) is 13.2. The SMILES string of the molecule is Cc1nc(NC2CCCC2)c2nnn(Cc3ccccc3)c2n1. The number of hydrogen-bond donors (Lipinski definition) is 1. The molecule has 6 nitrogen and oxygen atoms in total. The van der Waals surface area contributed by atoms with Crippen molar-refractivity contribution in [3.8, 4) is 0 Å². The van der Waals surface area contributed by atoms with Crippen LogP contribution in [0.3, 0.4) is 0 Å². The summed E-state index contributed by atoms with van der Waals surface area (Å²) in [6.07, 6.45) is 4.96. The average Bonchev–Trinajstić information content (AvgIpc) is 3.19. The summed E-state index contributed by atoms with van der Waals surface area (Å²) < 4.78 is 1.85. The van der Waals surface area contributed by atoms with Crippen LogP contribution >= 0.6 is 0 Å². The summed E-state index contributed by atoms with van der Waals surface area (Å²) in [5, 5.41) is 12.1. The van der Waals surface area contributed by atoms with Crippen LogP contribution in [0.25, 0.3) is 11.2 Å². The highest BCUT2D eigenvalue weighted by molar-refractivity contribution is 5.82. The lowest BCUT2D eigenvalue weighted by Gasteiger charge is -2.13. The van der Waals surface area contributed by atoms with E-state index in [1.807, 2.05) is 29.8 Å². The summed E-state index contributed by atoms with van der Waals surface area (Å²) in [5.74, 6) is 1.56. The van der Waals surface area contributed by atoms with Crippen LogP contribution < -0.4 is 5.32 Å². The number of anilines is 1. The quantitative estimate of drug-likeness (QED) is 0.802. The molecule has 0 unspecified atom stereocenters. The molecule has 0 bridgehead atoms. The van der Waals surface area contributed by atoms with E-state index in [0.717, 1.165) is 22.8 Å². The third kappa shape index (κ3) is 2.88. The number of rotatable bonds is 4. The van der Waals surface area contributed by atoms with Crippen LogP contribution in [-0.2, 0) is 6.54 Å². The van der Waals surface area contributed by atoms with Crippen molar-refractivity contribution in [2.24, 2.45) is 0 Å². The third-order valence-corrected chi connectivity index (χ3v) is 4.35. The van der Waals surface area contributed by atoms with Gasteiger partial charge in [0.15, 0.2) is 17.0 Å². The van der Waals surface area contributed by atoms with E-state index in [4.69, 9.17) is 0 Å². The number of aryl methyl sites for hydroxylation is 1. The molecule has 1 fully saturated rings. The minimum atomic E-state index is 0.492. The molecule has 4 rings (SSSR count). The van der Waals surface area contributed by atoms with Gasteiger partial charge < -0.3 is 5.32 Å². The fourth-order valence-electron chi connectivity index (χ4n) is 3.19. The van der Waals surface area contributed by atoms with Gasteiger partial charge in [-0.25, -0.2) is 14.6 Å². The Bertz CT molecular complexity index is 805. The van der Waals surface area contributed by atoms with Gasteiger partial charge in [0.2, 0.25) is 0 Å². The van der Waals surface area contributed by atoms with Gasteiger partial charge in [-0.3, -0.25) is 0 Å². The maximum Gasteiger partial charge on any atom is 0.184 e. The summed E-state index contributed by atoms with van der Waals surface area (Å²) in [7, 11) is 0. The molecule has 1 saturated carbocycles. The second kappa shape index (κ2) is 5.95. The van der Waals surface area contributed by atoms with E-state index in [-0.39, 0.29) is 0 Å². The first kappa shape index (κ1) is 14.1. The molecule has 0 radical (unpaired) electrons. The first-order valence-corrected chi connectivity index (χ1v) is 8.18. The molecule has 0 saturated heterocycles. The monoisotopic (exact) mass is 308 g/mol. The Labute approximate surface area is 135 Å². The molecule has 0 aliphatic heterocycles. The summed E-state index contributed by atoms with van der Waals surface area (Å²) in [5.41, 5.74) is 2.74. The molecule has 1 aliphatic rings. The molecule has 118 valence electrons. The summed E-state index contributed by atoms with van der Waals surface area (Å²) in [6.45, 7) is 2.58. The predicted octanol–water partition coefficient (Wildman–Crippen LogP) is 2.93. The molecule has 6 heteroatoms. The molecule has 23 heavy (non-hydrogen) atoms. The Balaban J connectivity index is 1.69. The topological polar surface area (TPSA) is 68.5 Å². The van der Waals surface area contributed by atoms with Crippen LogP contribution in [-0.4, -0.2) is 31.0 Å².